The van der Waals surface area contributed by atoms with Crippen LogP contribution in [0.1, 0.15) is 65.7 Å². The van der Waals surface area contributed by atoms with Crippen LogP contribution >= 0.6 is 0 Å². The molecule has 14 atom stereocenters. The molecule has 2 bridgehead atoms. The van der Waals surface area contributed by atoms with Crippen molar-refractivity contribution in [3.63, 3.8) is 0 Å². The summed E-state index contributed by atoms with van der Waals surface area (Å²) >= 11 is 0. The van der Waals surface area contributed by atoms with Crippen LogP contribution in [0.25, 0.3) is 0 Å². The predicted molar refractivity (Wildman–Crippen MR) is 180 cm³/mol. The number of urea groups is 1. The number of piperidine rings is 2. The SMILES string of the molecule is C=CC(=O)N1CCN(C2NC(=O)N3C4NC(C(F)CC42)C2C(F)CCCC2OCC(O)C(OC(=O)C2CC2)C2CCNC(C(C)C)C23)[C@@H](C)C1. The zero-order chi connectivity index (χ0) is 35.4. The Morgan fingerprint density at radius 3 is 2.56 bits per heavy atom. The third-order valence-corrected chi connectivity index (χ3v) is 12.8. The second-order valence-electron chi connectivity index (χ2n) is 16.2. The number of esters is 1. The Morgan fingerprint density at radius 1 is 1.08 bits per heavy atom. The van der Waals surface area contributed by atoms with Crippen molar-refractivity contribution in [1.82, 2.24) is 30.7 Å². The Morgan fingerprint density at radius 2 is 1.86 bits per heavy atom. The van der Waals surface area contributed by atoms with Crippen LogP contribution in [0.15, 0.2) is 12.7 Å². The van der Waals surface area contributed by atoms with Gasteiger partial charge in [0.1, 0.15) is 24.6 Å². The molecule has 12 nitrogen and oxygen atoms in total. The van der Waals surface area contributed by atoms with Gasteiger partial charge >= 0.3 is 12.0 Å². The highest BCUT2D eigenvalue weighted by molar-refractivity contribution is 5.87. The van der Waals surface area contributed by atoms with Gasteiger partial charge < -0.3 is 35.0 Å². The van der Waals surface area contributed by atoms with E-state index in [1.165, 1.54) is 6.08 Å². The van der Waals surface area contributed by atoms with Gasteiger partial charge in [-0.05, 0) is 70.4 Å². The standard InChI is InChI=1S/C36H56F2N6O6/c1-5-27(46)42-13-14-43(19(4)16-42)33-22-15-24(38)30-28-23(37)7-6-8-26(28)49-17-25(45)32(50-35(47)20-9-10-20)21-11-12-39-29(18(2)3)31(21)44(34(22)40-30)36(48)41-33/h5,18-26,28-34,39-40,45H,1,6-17H2,2-4H3,(H,41,48)/t19-,21?,22?,23?,24?,25?,26?,28?,29?,30?,31?,32?,33?,34?/m0/s1. The summed E-state index contributed by atoms with van der Waals surface area (Å²) in [4.78, 5) is 46.2. The monoisotopic (exact) mass is 706 g/mol. The van der Waals surface area contributed by atoms with Gasteiger partial charge in [0.05, 0.1) is 37.0 Å². The zero-order valence-corrected chi connectivity index (χ0v) is 29.6. The number of hydrogen-bond donors (Lipinski definition) is 4. The van der Waals surface area contributed by atoms with Crippen molar-refractivity contribution in [3.8, 4) is 0 Å². The van der Waals surface area contributed by atoms with Gasteiger partial charge in [-0.2, -0.15) is 0 Å². The number of ether oxygens (including phenoxy) is 2. The van der Waals surface area contributed by atoms with Crippen molar-refractivity contribution in [1.29, 1.82) is 0 Å². The molecule has 0 aromatic carbocycles. The van der Waals surface area contributed by atoms with Crippen LogP contribution in [-0.4, -0.2) is 138 Å². The molecule has 5 aliphatic heterocycles. The third-order valence-electron chi connectivity index (χ3n) is 12.8. The number of hydrogen-bond acceptors (Lipinski definition) is 9. The molecule has 50 heavy (non-hydrogen) atoms. The first kappa shape index (κ1) is 36.0. The fourth-order valence-corrected chi connectivity index (χ4v) is 10.1. The van der Waals surface area contributed by atoms with Gasteiger partial charge in [-0.25, -0.2) is 13.6 Å². The Hall–Kier alpha value is -2.39. The van der Waals surface area contributed by atoms with E-state index >= 15 is 8.78 Å². The molecule has 7 fully saturated rings. The molecule has 280 valence electrons. The van der Waals surface area contributed by atoms with E-state index in [1.807, 2.05) is 6.92 Å². The first-order chi connectivity index (χ1) is 24.0. The number of carbonyl (C=O) groups excluding carboxylic acids is 3. The Balaban J connectivity index is 1.30. The van der Waals surface area contributed by atoms with Gasteiger partial charge in [0, 0.05) is 55.5 Å². The second kappa shape index (κ2) is 14.6. The number of halogens is 2. The number of fused-ring (bicyclic) bond motifs is 5. The van der Waals surface area contributed by atoms with Gasteiger partial charge in [0.15, 0.2) is 0 Å². The fourth-order valence-electron chi connectivity index (χ4n) is 10.1. The summed E-state index contributed by atoms with van der Waals surface area (Å²) in [5.41, 5.74) is 0. The molecule has 0 aromatic heterocycles. The van der Waals surface area contributed by atoms with Crippen molar-refractivity contribution in [2.45, 2.75) is 133 Å². The highest BCUT2D eigenvalue weighted by Gasteiger charge is 2.59. The number of amides is 3. The molecule has 5 heterocycles. The largest absolute Gasteiger partial charge is 0.459 e. The fraction of sp³-hybridized carbons (Fsp3) is 0.861. The van der Waals surface area contributed by atoms with Crippen molar-refractivity contribution in [2.75, 3.05) is 32.8 Å². The minimum absolute atomic E-state index is 0.0506. The average molecular weight is 707 g/mol. The number of rotatable bonds is 5. The van der Waals surface area contributed by atoms with Crippen LogP contribution in [0.4, 0.5) is 13.6 Å². The van der Waals surface area contributed by atoms with E-state index in [-0.39, 0.29) is 61.3 Å². The molecule has 5 saturated heterocycles. The minimum atomic E-state index is -1.41. The van der Waals surface area contributed by atoms with E-state index in [0.29, 0.717) is 45.4 Å². The number of nitrogens with one attached hydrogen (secondary N) is 3. The maximum Gasteiger partial charge on any atom is 0.320 e. The van der Waals surface area contributed by atoms with Crippen LogP contribution in [0.2, 0.25) is 0 Å². The summed E-state index contributed by atoms with van der Waals surface area (Å²) in [7, 11) is 0. The number of alkyl halides is 2. The Labute approximate surface area is 294 Å². The molecule has 2 saturated carbocycles. The Bertz CT molecular complexity index is 1290. The van der Waals surface area contributed by atoms with Gasteiger partial charge in [0.2, 0.25) is 5.91 Å². The second-order valence-corrected chi connectivity index (χ2v) is 16.2. The number of nitrogens with zero attached hydrogens (tertiary/aromatic N) is 3. The van der Waals surface area contributed by atoms with Gasteiger partial charge in [-0.1, -0.05) is 20.4 Å². The number of carbonyl (C=O) groups is 3. The maximum absolute atomic E-state index is 16.7. The number of aliphatic hydroxyl groups is 1. The molecule has 0 aromatic rings. The molecule has 2 aliphatic carbocycles. The van der Waals surface area contributed by atoms with Crippen molar-refractivity contribution < 1.29 is 37.7 Å². The van der Waals surface area contributed by atoms with Crippen LogP contribution in [0, 0.1) is 29.6 Å². The lowest BCUT2D eigenvalue weighted by atomic mass is 9.71. The highest BCUT2D eigenvalue weighted by Crippen LogP contribution is 2.44. The van der Waals surface area contributed by atoms with E-state index in [9.17, 15) is 19.5 Å². The minimum Gasteiger partial charge on any atom is -0.459 e. The lowest BCUT2D eigenvalue weighted by molar-refractivity contribution is -0.181. The zero-order valence-electron chi connectivity index (χ0n) is 29.6. The summed E-state index contributed by atoms with van der Waals surface area (Å²) in [5.74, 6) is -2.35. The summed E-state index contributed by atoms with van der Waals surface area (Å²) in [6.07, 6.45) is -1.96. The molecule has 4 N–H and O–H groups in total. The quantitative estimate of drug-likeness (QED) is 0.250. The summed E-state index contributed by atoms with van der Waals surface area (Å²) in [5, 5.41) is 22.3. The highest BCUT2D eigenvalue weighted by atomic mass is 19.1. The van der Waals surface area contributed by atoms with Crippen LogP contribution in [-0.2, 0) is 19.1 Å². The van der Waals surface area contributed by atoms with E-state index in [0.717, 1.165) is 12.8 Å². The van der Waals surface area contributed by atoms with E-state index in [1.54, 1.807) is 9.80 Å². The summed E-state index contributed by atoms with van der Waals surface area (Å²) in [6.45, 7) is 11.6. The molecular formula is C36H56F2N6O6. The van der Waals surface area contributed by atoms with Crippen LogP contribution in [0.3, 0.4) is 0 Å². The normalized spacial score (nSPS) is 44.2. The van der Waals surface area contributed by atoms with Gasteiger partial charge in [0.25, 0.3) is 0 Å². The number of piperazine rings is 1. The topological polar surface area (TPSA) is 136 Å². The molecule has 7 aliphatic rings. The van der Waals surface area contributed by atoms with Crippen LogP contribution in [0.5, 0.6) is 0 Å². The molecule has 0 spiro atoms. The van der Waals surface area contributed by atoms with Gasteiger partial charge in [-0.15, -0.1) is 0 Å². The van der Waals surface area contributed by atoms with E-state index in [2.05, 4.69) is 41.3 Å². The first-order valence-corrected chi connectivity index (χ1v) is 19.0. The molecule has 3 amide bonds. The van der Waals surface area contributed by atoms with E-state index in [4.69, 9.17) is 9.47 Å². The Kier molecular flexibility index (Phi) is 10.5. The van der Waals surface area contributed by atoms with E-state index < -0.39 is 72.8 Å². The maximum atomic E-state index is 16.7. The number of aliphatic hydroxyl groups excluding tert-OH is 1. The predicted octanol–water partition coefficient (Wildman–Crippen LogP) is 1.92. The third kappa shape index (κ3) is 6.68. The molecular weight excluding hydrogens is 650 g/mol. The van der Waals surface area contributed by atoms with Gasteiger partial charge in [-0.3, -0.25) is 19.8 Å². The smallest absolute Gasteiger partial charge is 0.320 e. The lowest BCUT2D eigenvalue weighted by Crippen LogP contribution is -2.80. The van der Waals surface area contributed by atoms with Crippen molar-refractivity contribution >= 4 is 17.9 Å². The first-order valence-electron chi connectivity index (χ1n) is 19.0. The van der Waals surface area contributed by atoms with Crippen molar-refractivity contribution in [2.24, 2.45) is 29.6 Å². The molecule has 13 unspecified atom stereocenters. The summed E-state index contributed by atoms with van der Waals surface area (Å²) < 4.78 is 45.3. The summed E-state index contributed by atoms with van der Waals surface area (Å²) in [6, 6.07) is -2.16. The molecule has 7 rings (SSSR count). The lowest BCUT2D eigenvalue weighted by Gasteiger charge is -2.60. The van der Waals surface area contributed by atoms with Crippen molar-refractivity contribution in [3.05, 3.63) is 12.7 Å². The molecule has 14 heteroatoms. The average Bonchev–Trinajstić information content (AvgIpc) is 3.94. The van der Waals surface area contributed by atoms with Crippen LogP contribution < -0.4 is 16.0 Å². The molecule has 0 radical (unpaired) electrons.